The minimum atomic E-state index is 0.517. The van der Waals surface area contributed by atoms with Gasteiger partial charge in [0.15, 0.2) is 0 Å². The maximum Gasteiger partial charge on any atom is 0.132 e. The van der Waals surface area contributed by atoms with Gasteiger partial charge < -0.3 is 14.8 Å². The number of nitrogens with one attached hydrogen (secondary N) is 1. The SMILES string of the molecule is COCCCNCC(C)Sc1ccccc1OC. The van der Waals surface area contributed by atoms with Gasteiger partial charge in [-0.2, -0.15) is 0 Å². The lowest BCUT2D eigenvalue weighted by Gasteiger charge is -2.14. The molecule has 0 aromatic heterocycles. The number of ether oxygens (including phenoxy) is 2. The number of hydrogen-bond acceptors (Lipinski definition) is 4. The van der Waals surface area contributed by atoms with Crippen LogP contribution in [0.5, 0.6) is 5.75 Å². The predicted molar refractivity (Wildman–Crippen MR) is 77.7 cm³/mol. The van der Waals surface area contributed by atoms with E-state index in [-0.39, 0.29) is 0 Å². The summed E-state index contributed by atoms with van der Waals surface area (Å²) in [6, 6.07) is 8.14. The Balaban J connectivity index is 2.28. The van der Waals surface area contributed by atoms with Gasteiger partial charge >= 0.3 is 0 Å². The molecule has 1 atom stereocenters. The molecule has 0 fully saturated rings. The van der Waals surface area contributed by atoms with E-state index in [2.05, 4.69) is 18.3 Å². The van der Waals surface area contributed by atoms with Crippen molar-refractivity contribution in [2.45, 2.75) is 23.5 Å². The van der Waals surface area contributed by atoms with E-state index in [1.165, 1.54) is 4.90 Å². The topological polar surface area (TPSA) is 30.5 Å². The number of hydrogen-bond donors (Lipinski definition) is 1. The monoisotopic (exact) mass is 269 g/mol. The van der Waals surface area contributed by atoms with Crippen molar-refractivity contribution in [3.05, 3.63) is 24.3 Å². The molecule has 1 aromatic rings. The number of benzene rings is 1. The number of methoxy groups -OCH3 is 2. The molecule has 0 saturated heterocycles. The van der Waals surface area contributed by atoms with Crippen LogP contribution < -0.4 is 10.1 Å². The Hall–Kier alpha value is -0.710. The van der Waals surface area contributed by atoms with Gasteiger partial charge in [0.05, 0.1) is 7.11 Å². The van der Waals surface area contributed by atoms with Crippen LogP contribution in [0.1, 0.15) is 13.3 Å². The number of thioether (sulfide) groups is 1. The highest BCUT2D eigenvalue weighted by Crippen LogP contribution is 2.31. The molecule has 0 heterocycles. The zero-order valence-electron chi connectivity index (χ0n) is 11.4. The molecule has 0 aliphatic rings. The summed E-state index contributed by atoms with van der Waals surface area (Å²) in [6.45, 7) is 5.04. The third-order valence-electron chi connectivity index (χ3n) is 2.53. The highest BCUT2D eigenvalue weighted by molar-refractivity contribution is 8.00. The quantitative estimate of drug-likeness (QED) is 0.551. The Morgan fingerprint density at radius 1 is 1.28 bits per heavy atom. The third kappa shape index (κ3) is 5.76. The van der Waals surface area contributed by atoms with E-state index >= 15 is 0 Å². The molecule has 1 unspecified atom stereocenters. The summed E-state index contributed by atoms with van der Waals surface area (Å²) >= 11 is 1.84. The van der Waals surface area contributed by atoms with Crippen LogP contribution in [0.4, 0.5) is 0 Å². The van der Waals surface area contributed by atoms with Gasteiger partial charge in [0.2, 0.25) is 0 Å². The first-order valence-corrected chi connectivity index (χ1v) is 7.15. The van der Waals surface area contributed by atoms with Crippen LogP contribution in [0, 0.1) is 0 Å². The zero-order valence-corrected chi connectivity index (χ0v) is 12.3. The molecule has 0 radical (unpaired) electrons. The average Bonchev–Trinajstić information content (AvgIpc) is 2.39. The predicted octanol–water partition coefficient (Wildman–Crippen LogP) is 2.80. The van der Waals surface area contributed by atoms with E-state index in [0.29, 0.717) is 5.25 Å². The van der Waals surface area contributed by atoms with E-state index in [4.69, 9.17) is 9.47 Å². The normalized spacial score (nSPS) is 12.4. The zero-order chi connectivity index (χ0) is 13.2. The van der Waals surface area contributed by atoms with Gasteiger partial charge in [0.1, 0.15) is 5.75 Å². The van der Waals surface area contributed by atoms with Crippen LogP contribution in [-0.2, 0) is 4.74 Å². The van der Waals surface area contributed by atoms with Crippen molar-refractivity contribution in [1.29, 1.82) is 0 Å². The Morgan fingerprint density at radius 2 is 2.06 bits per heavy atom. The summed E-state index contributed by atoms with van der Waals surface area (Å²) in [5.74, 6) is 0.953. The molecule has 0 bridgehead atoms. The Morgan fingerprint density at radius 3 is 2.78 bits per heavy atom. The Kier molecular flexibility index (Phi) is 7.89. The van der Waals surface area contributed by atoms with Crippen LogP contribution in [-0.4, -0.2) is 39.2 Å². The average molecular weight is 269 g/mol. The van der Waals surface area contributed by atoms with E-state index in [1.54, 1.807) is 14.2 Å². The van der Waals surface area contributed by atoms with Crippen LogP contribution in [0.15, 0.2) is 29.2 Å². The fraction of sp³-hybridized carbons (Fsp3) is 0.571. The molecule has 1 N–H and O–H groups in total. The Bertz CT molecular complexity index is 333. The fourth-order valence-electron chi connectivity index (χ4n) is 1.62. The molecule has 3 nitrogen and oxygen atoms in total. The first-order chi connectivity index (χ1) is 8.77. The van der Waals surface area contributed by atoms with E-state index in [9.17, 15) is 0 Å². The number of rotatable bonds is 9. The van der Waals surface area contributed by atoms with Crippen molar-refractivity contribution < 1.29 is 9.47 Å². The summed E-state index contributed by atoms with van der Waals surface area (Å²) < 4.78 is 10.4. The summed E-state index contributed by atoms with van der Waals surface area (Å²) in [4.78, 5) is 1.20. The van der Waals surface area contributed by atoms with Crippen LogP contribution >= 0.6 is 11.8 Å². The maximum atomic E-state index is 5.35. The first-order valence-electron chi connectivity index (χ1n) is 6.27. The summed E-state index contributed by atoms with van der Waals surface area (Å²) in [6.07, 6.45) is 1.06. The first kappa shape index (κ1) is 15.3. The highest BCUT2D eigenvalue weighted by Gasteiger charge is 2.07. The minimum absolute atomic E-state index is 0.517. The van der Waals surface area contributed by atoms with Gasteiger partial charge in [0.25, 0.3) is 0 Å². The molecular formula is C14H23NO2S. The van der Waals surface area contributed by atoms with Crippen molar-refractivity contribution in [3.8, 4) is 5.75 Å². The second kappa shape index (κ2) is 9.25. The second-order valence-electron chi connectivity index (χ2n) is 4.13. The lowest BCUT2D eigenvalue weighted by Crippen LogP contribution is -2.24. The maximum absolute atomic E-state index is 5.35. The van der Waals surface area contributed by atoms with Crippen molar-refractivity contribution in [2.24, 2.45) is 0 Å². The van der Waals surface area contributed by atoms with Gasteiger partial charge in [-0.05, 0) is 25.1 Å². The van der Waals surface area contributed by atoms with E-state index < -0.39 is 0 Å². The molecule has 1 rings (SSSR count). The fourth-order valence-corrected chi connectivity index (χ4v) is 2.68. The van der Waals surface area contributed by atoms with Crippen molar-refractivity contribution >= 4 is 11.8 Å². The lowest BCUT2D eigenvalue weighted by molar-refractivity contribution is 0.194. The summed E-state index contributed by atoms with van der Waals surface area (Å²) in [5, 5.41) is 3.95. The van der Waals surface area contributed by atoms with Gasteiger partial charge in [-0.25, -0.2) is 0 Å². The molecule has 0 spiro atoms. The standard InChI is InChI=1S/C14H23NO2S/c1-12(11-15-9-6-10-16-2)18-14-8-5-4-7-13(14)17-3/h4-5,7-8,12,15H,6,9-11H2,1-3H3. The molecule has 0 aliphatic carbocycles. The molecule has 1 aromatic carbocycles. The molecular weight excluding hydrogens is 246 g/mol. The van der Waals surface area contributed by atoms with Gasteiger partial charge in [-0.3, -0.25) is 0 Å². The van der Waals surface area contributed by atoms with Crippen molar-refractivity contribution in [1.82, 2.24) is 5.32 Å². The summed E-state index contributed by atoms with van der Waals surface area (Å²) in [7, 11) is 3.45. The molecule has 0 amide bonds. The van der Waals surface area contributed by atoms with Crippen LogP contribution in [0.2, 0.25) is 0 Å². The highest BCUT2D eigenvalue weighted by atomic mass is 32.2. The Labute approximate surface area is 114 Å². The molecule has 4 heteroatoms. The second-order valence-corrected chi connectivity index (χ2v) is 5.61. The van der Waals surface area contributed by atoms with Crippen molar-refractivity contribution in [3.63, 3.8) is 0 Å². The molecule has 102 valence electrons. The van der Waals surface area contributed by atoms with Gasteiger partial charge in [-0.15, -0.1) is 11.8 Å². The van der Waals surface area contributed by atoms with Crippen LogP contribution in [0.3, 0.4) is 0 Å². The molecule has 0 saturated carbocycles. The van der Waals surface area contributed by atoms with E-state index in [0.717, 1.165) is 31.9 Å². The largest absolute Gasteiger partial charge is 0.496 e. The van der Waals surface area contributed by atoms with Crippen LogP contribution in [0.25, 0.3) is 0 Å². The van der Waals surface area contributed by atoms with Gasteiger partial charge in [-0.1, -0.05) is 19.1 Å². The smallest absolute Gasteiger partial charge is 0.132 e. The summed E-state index contributed by atoms with van der Waals surface area (Å²) in [5.41, 5.74) is 0. The molecule has 18 heavy (non-hydrogen) atoms. The third-order valence-corrected chi connectivity index (χ3v) is 3.69. The van der Waals surface area contributed by atoms with E-state index in [1.807, 2.05) is 30.0 Å². The lowest BCUT2D eigenvalue weighted by atomic mass is 10.3. The molecule has 0 aliphatic heterocycles. The minimum Gasteiger partial charge on any atom is -0.496 e. The number of para-hydroxylation sites is 1. The van der Waals surface area contributed by atoms with Crippen molar-refractivity contribution in [2.75, 3.05) is 33.9 Å². The van der Waals surface area contributed by atoms with Gasteiger partial charge in [0, 0.05) is 30.4 Å².